The molecule has 0 aromatic rings. The predicted octanol–water partition coefficient (Wildman–Crippen LogP) is 0.496. The number of ether oxygens (including phenoxy) is 4. The van der Waals surface area contributed by atoms with E-state index in [4.69, 9.17) is 18.9 Å². The summed E-state index contributed by atoms with van der Waals surface area (Å²) in [6, 6.07) is 0. The molecule has 0 aliphatic carbocycles. The molecule has 7 nitrogen and oxygen atoms in total. The summed E-state index contributed by atoms with van der Waals surface area (Å²) in [5.41, 5.74) is 0. The zero-order valence-corrected chi connectivity index (χ0v) is 11.6. The summed E-state index contributed by atoms with van der Waals surface area (Å²) in [4.78, 5) is 33.1. The van der Waals surface area contributed by atoms with Crippen molar-refractivity contribution in [2.45, 2.75) is 58.5 Å². The van der Waals surface area contributed by atoms with Gasteiger partial charge in [0.2, 0.25) is 12.4 Å². The lowest BCUT2D eigenvalue weighted by molar-refractivity contribution is -0.281. The molecule has 0 aromatic heterocycles. The Hall–Kier alpha value is -1.70. The van der Waals surface area contributed by atoms with Gasteiger partial charge < -0.3 is 18.9 Å². The van der Waals surface area contributed by atoms with Crippen LogP contribution in [0.4, 0.5) is 4.39 Å². The molecule has 1 aliphatic rings. The largest absolute Gasteiger partial charge is 0.455 e. The molecule has 0 radical (unpaired) electrons. The molecule has 1 heterocycles. The lowest BCUT2D eigenvalue weighted by Crippen LogP contribution is -2.58. The predicted molar refractivity (Wildman–Crippen MR) is 62.1 cm³/mol. The highest BCUT2D eigenvalue weighted by Gasteiger charge is 2.50. The van der Waals surface area contributed by atoms with Gasteiger partial charge >= 0.3 is 17.9 Å². The normalized spacial score (nSPS) is 33.1. The van der Waals surface area contributed by atoms with E-state index in [9.17, 15) is 18.8 Å². The molecular weight excluding hydrogens is 275 g/mol. The number of esters is 3. The van der Waals surface area contributed by atoms with Crippen molar-refractivity contribution in [3.8, 4) is 0 Å². The molecule has 0 bridgehead atoms. The molecule has 1 rings (SSSR count). The van der Waals surface area contributed by atoms with E-state index >= 15 is 0 Å². The number of rotatable bonds is 3. The fourth-order valence-electron chi connectivity index (χ4n) is 1.86. The van der Waals surface area contributed by atoms with Crippen LogP contribution >= 0.6 is 0 Å². The van der Waals surface area contributed by atoms with Crippen molar-refractivity contribution >= 4 is 17.9 Å². The molecule has 8 heteroatoms. The van der Waals surface area contributed by atoms with Crippen LogP contribution in [0.15, 0.2) is 0 Å². The minimum absolute atomic E-state index is 0.696. The van der Waals surface area contributed by atoms with Crippen LogP contribution in [0, 0.1) is 0 Å². The zero-order chi connectivity index (χ0) is 15.4. The van der Waals surface area contributed by atoms with Crippen molar-refractivity contribution in [3.63, 3.8) is 0 Å². The number of carbonyl (C=O) groups excluding carboxylic acids is 3. The molecule has 1 saturated heterocycles. The van der Waals surface area contributed by atoms with Gasteiger partial charge in [-0.1, -0.05) is 0 Å². The highest BCUT2D eigenvalue weighted by molar-refractivity contribution is 5.68. The zero-order valence-electron chi connectivity index (χ0n) is 11.6. The molecular formula is C12H17FO7. The van der Waals surface area contributed by atoms with E-state index in [1.807, 2.05) is 0 Å². The van der Waals surface area contributed by atoms with E-state index in [-0.39, 0.29) is 0 Å². The lowest BCUT2D eigenvalue weighted by atomic mass is 10.0. The average Bonchev–Trinajstić information content (AvgIpc) is 2.28. The Morgan fingerprint density at radius 1 is 0.900 bits per heavy atom. The van der Waals surface area contributed by atoms with Gasteiger partial charge in [-0.05, 0) is 6.92 Å². The molecule has 1 fully saturated rings. The Balaban J connectivity index is 3.00. The highest BCUT2D eigenvalue weighted by Crippen LogP contribution is 2.29. The van der Waals surface area contributed by atoms with Crippen molar-refractivity contribution in [1.29, 1.82) is 0 Å². The molecule has 1 unspecified atom stereocenters. The summed E-state index contributed by atoms with van der Waals surface area (Å²) in [7, 11) is 0. The number of hydrogen-bond donors (Lipinski definition) is 0. The van der Waals surface area contributed by atoms with E-state index in [0.29, 0.717) is 0 Å². The molecule has 114 valence electrons. The summed E-state index contributed by atoms with van der Waals surface area (Å²) in [5.74, 6) is -2.18. The summed E-state index contributed by atoms with van der Waals surface area (Å²) in [6.07, 6.45) is -6.79. The molecule has 0 spiro atoms. The van der Waals surface area contributed by atoms with Crippen molar-refractivity contribution in [2.75, 3.05) is 0 Å². The molecule has 0 aromatic carbocycles. The standard InChI is InChI=1S/C12H17FO7/c1-5-9(13)10(18-6(2)14)11(19-7(3)15)12(17-5)20-8(4)16/h5,9-12H,1-4H3/t5-,9+,10+,11+,12?/m0/s1. The molecule has 20 heavy (non-hydrogen) atoms. The summed E-state index contributed by atoms with van der Waals surface area (Å²) in [6.45, 7) is 4.71. The quantitative estimate of drug-likeness (QED) is 0.552. The maximum Gasteiger partial charge on any atom is 0.305 e. The molecule has 0 amide bonds. The number of alkyl halides is 1. The van der Waals surface area contributed by atoms with Gasteiger partial charge in [0, 0.05) is 20.8 Å². The van der Waals surface area contributed by atoms with Gasteiger partial charge in [0.15, 0.2) is 12.3 Å². The topological polar surface area (TPSA) is 88.1 Å². The van der Waals surface area contributed by atoms with Gasteiger partial charge in [-0.25, -0.2) is 4.39 Å². The fourth-order valence-corrected chi connectivity index (χ4v) is 1.86. The first-order valence-electron chi connectivity index (χ1n) is 6.03. The minimum atomic E-state index is -1.71. The van der Waals surface area contributed by atoms with E-state index in [1.165, 1.54) is 6.92 Å². The second-order valence-corrected chi connectivity index (χ2v) is 4.41. The van der Waals surface area contributed by atoms with Crippen molar-refractivity contribution < 1.29 is 37.7 Å². The van der Waals surface area contributed by atoms with Gasteiger partial charge in [-0.3, -0.25) is 14.4 Å². The van der Waals surface area contributed by atoms with Crippen molar-refractivity contribution in [1.82, 2.24) is 0 Å². The van der Waals surface area contributed by atoms with Gasteiger partial charge in [0.1, 0.15) is 0 Å². The van der Waals surface area contributed by atoms with E-state index in [0.717, 1.165) is 20.8 Å². The maximum absolute atomic E-state index is 14.1. The van der Waals surface area contributed by atoms with E-state index < -0.39 is 48.7 Å². The van der Waals surface area contributed by atoms with Crippen molar-refractivity contribution in [3.05, 3.63) is 0 Å². The molecule has 0 saturated carbocycles. The van der Waals surface area contributed by atoms with Crippen molar-refractivity contribution in [2.24, 2.45) is 0 Å². The first-order chi connectivity index (χ1) is 9.22. The van der Waals surface area contributed by atoms with Gasteiger partial charge in [0.25, 0.3) is 0 Å². The Bertz CT molecular complexity index is 397. The summed E-state index contributed by atoms with van der Waals surface area (Å²) < 4.78 is 33.8. The first kappa shape index (κ1) is 16.4. The van der Waals surface area contributed by atoms with E-state index in [1.54, 1.807) is 0 Å². The van der Waals surface area contributed by atoms with Crippen LogP contribution in [0.3, 0.4) is 0 Å². The van der Waals surface area contributed by atoms with Crippen LogP contribution in [-0.2, 0) is 33.3 Å². The van der Waals surface area contributed by atoms with Crippen LogP contribution in [-0.4, -0.2) is 48.7 Å². The fraction of sp³-hybridized carbons (Fsp3) is 0.750. The van der Waals surface area contributed by atoms with Gasteiger partial charge in [-0.2, -0.15) is 0 Å². The molecule has 0 N–H and O–H groups in total. The van der Waals surface area contributed by atoms with Crippen LogP contribution in [0.25, 0.3) is 0 Å². The number of halogens is 1. The van der Waals surface area contributed by atoms with Gasteiger partial charge in [0.05, 0.1) is 6.10 Å². The monoisotopic (exact) mass is 292 g/mol. The highest BCUT2D eigenvalue weighted by atomic mass is 19.1. The maximum atomic E-state index is 14.1. The second kappa shape index (κ2) is 6.65. The number of hydrogen-bond acceptors (Lipinski definition) is 7. The second-order valence-electron chi connectivity index (χ2n) is 4.41. The Morgan fingerprint density at radius 2 is 1.35 bits per heavy atom. The third-order valence-electron chi connectivity index (χ3n) is 2.59. The van der Waals surface area contributed by atoms with Crippen LogP contribution < -0.4 is 0 Å². The van der Waals surface area contributed by atoms with E-state index in [2.05, 4.69) is 0 Å². The summed E-state index contributed by atoms with van der Waals surface area (Å²) in [5, 5.41) is 0. The van der Waals surface area contributed by atoms with Gasteiger partial charge in [-0.15, -0.1) is 0 Å². The third-order valence-corrected chi connectivity index (χ3v) is 2.59. The Kier molecular flexibility index (Phi) is 5.43. The molecule has 1 aliphatic heterocycles. The SMILES string of the molecule is CC(=O)OC1O[C@@H](C)[C@@H](F)[C@@H](OC(C)=O)[C@H]1OC(C)=O. The average molecular weight is 292 g/mol. The van der Waals surface area contributed by atoms with Crippen LogP contribution in [0.2, 0.25) is 0 Å². The Labute approximate surface area is 115 Å². The van der Waals surface area contributed by atoms with Crippen LogP contribution in [0.1, 0.15) is 27.7 Å². The minimum Gasteiger partial charge on any atom is -0.455 e. The summed E-state index contributed by atoms with van der Waals surface area (Å²) >= 11 is 0. The molecule has 5 atom stereocenters. The smallest absolute Gasteiger partial charge is 0.305 e. The Morgan fingerprint density at radius 3 is 1.80 bits per heavy atom. The van der Waals surface area contributed by atoms with Crippen LogP contribution in [0.5, 0.6) is 0 Å². The number of carbonyl (C=O) groups is 3. The first-order valence-corrected chi connectivity index (χ1v) is 6.03. The lowest BCUT2D eigenvalue weighted by Gasteiger charge is -2.40. The third kappa shape index (κ3) is 4.16.